The summed E-state index contributed by atoms with van der Waals surface area (Å²) in [6.45, 7) is 4.69. The van der Waals surface area contributed by atoms with Gasteiger partial charge in [0.05, 0.1) is 6.61 Å². The zero-order valence-electron chi connectivity index (χ0n) is 7.90. The fourth-order valence-corrected chi connectivity index (χ4v) is 1.76. The maximum absolute atomic E-state index is 8.97. The number of nitrogens with zero attached hydrogens (tertiary/aromatic N) is 1. The van der Waals surface area contributed by atoms with Gasteiger partial charge in [0.2, 0.25) is 0 Å². The first-order valence-electron chi connectivity index (χ1n) is 4.74. The molecule has 2 heteroatoms. The summed E-state index contributed by atoms with van der Waals surface area (Å²) in [7, 11) is 0. The molecule has 2 nitrogen and oxygen atoms in total. The lowest BCUT2D eigenvalue weighted by Gasteiger charge is -2.39. The van der Waals surface area contributed by atoms with Crippen LogP contribution in [0.2, 0.25) is 0 Å². The zero-order chi connectivity index (χ0) is 9.26. The van der Waals surface area contributed by atoms with E-state index in [1.54, 1.807) is 0 Å². The van der Waals surface area contributed by atoms with Crippen LogP contribution in [-0.4, -0.2) is 18.2 Å². The minimum atomic E-state index is 0.136. The Balaban J connectivity index is 2.12. The van der Waals surface area contributed by atoms with Crippen molar-refractivity contribution in [1.82, 2.24) is 0 Å². The first kappa shape index (κ1) is 8.57. The van der Waals surface area contributed by atoms with Crippen molar-refractivity contribution in [1.29, 1.82) is 0 Å². The van der Waals surface area contributed by atoms with Gasteiger partial charge in [-0.15, -0.1) is 0 Å². The molecular formula is C11H15NO. The molecule has 0 unspecified atom stereocenters. The van der Waals surface area contributed by atoms with E-state index in [2.05, 4.69) is 24.0 Å². The highest BCUT2D eigenvalue weighted by atomic mass is 16.3. The average Bonchev–Trinajstić information content (AvgIpc) is 2.13. The van der Waals surface area contributed by atoms with E-state index >= 15 is 0 Å². The molecule has 0 bridgehead atoms. The Bertz CT molecular complexity index is 292. The topological polar surface area (TPSA) is 23.5 Å². The van der Waals surface area contributed by atoms with Crippen molar-refractivity contribution >= 4 is 5.69 Å². The highest BCUT2D eigenvalue weighted by Gasteiger charge is 2.22. The lowest BCUT2D eigenvalue weighted by molar-refractivity contribution is 0.282. The number of hydrogen-bond acceptors (Lipinski definition) is 2. The summed E-state index contributed by atoms with van der Waals surface area (Å²) in [5, 5.41) is 8.97. The second-order valence-electron chi connectivity index (χ2n) is 3.84. The highest BCUT2D eigenvalue weighted by molar-refractivity contribution is 5.50. The summed E-state index contributed by atoms with van der Waals surface area (Å²) in [5.41, 5.74) is 2.24. The smallest absolute Gasteiger partial charge is 0.0682 e. The summed E-state index contributed by atoms with van der Waals surface area (Å²) in [6, 6.07) is 8.12. The number of anilines is 1. The second kappa shape index (κ2) is 3.38. The van der Waals surface area contributed by atoms with E-state index in [1.165, 1.54) is 5.69 Å². The van der Waals surface area contributed by atoms with Gasteiger partial charge in [-0.2, -0.15) is 0 Å². The van der Waals surface area contributed by atoms with Crippen molar-refractivity contribution < 1.29 is 5.11 Å². The molecule has 0 aromatic heterocycles. The molecule has 1 aromatic rings. The fraction of sp³-hybridized carbons (Fsp3) is 0.455. The van der Waals surface area contributed by atoms with E-state index in [4.69, 9.17) is 5.11 Å². The fourth-order valence-electron chi connectivity index (χ4n) is 1.76. The quantitative estimate of drug-likeness (QED) is 0.742. The monoisotopic (exact) mass is 177 g/mol. The van der Waals surface area contributed by atoms with Crippen molar-refractivity contribution in [3.63, 3.8) is 0 Å². The van der Waals surface area contributed by atoms with Crippen molar-refractivity contribution in [2.24, 2.45) is 5.92 Å². The Hall–Kier alpha value is -1.02. The lowest BCUT2D eigenvalue weighted by Crippen LogP contribution is -2.45. The Labute approximate surface area is 78.8 Å². The van der Waals surface area contributed by atoms with Gasteiger partial charge >= 0.3 is 0 Å². The van der Waals surface area contributed by atoms with Gasteiger partial charge in [-0.05, 0) is 23.6 Å². The van der Waals surface area contributed by atoms with Gasteiger partial charge < -0.3 is 10.0 Å². The standard InChI is InChI=1S/C11H15NO/c1-9-6-12(7-9)11-4-2-3-10(5-11)8-13/h2-5,9,13H,6-8H2,1H3. The minimum Gasteiger partial charge on any atom is -0.392 e. The summed E-state index contributed by atoms with van der Waals surface area (Å²) < 4.78 is 0. The molecule has 1 heterocycles. The van der Waals surface area contributed by atoms with E-state index in [1.807, 2.05) is 12.1 Å². The van der Waals surface area contributed by atoms with Gasteiger partial charge in [0.1, 0.15) is 0 Å². The molecule has 0 atom stereocenters. The van der Waals surface area contributed by atoms with E-state index < -0.39 is 0 Å². The van der Waals surface area contributed by atoms with Crippen LogP contribution in [0.1, 0.15) is 12.5 Å². The van der Waals surface area contributed by atoms with Crippen molar-refractivity contribution in [3.05, 3.63) is 29.8 Å². The molecule has 1 N–H and O–H groups in total. The number of hydrogen-bond donors (Lipinski definition) is 1. The van der Waals surface area contributed by atoms with E-state index in [0.717, 1.165) is 24.6 Å². The van der Waals surface area contributed by atoms with Crippen LogP contribution in [0, 0.1) is 5.92 Å². The SMILES string of the molecule is CC1CN(c2cccc(CO)c2)C1. The van der Waals surface area contributed by atoms with Crippen molar-refractivity contribution in [2.75, 3.05) is 18.0 Å². The largest absolute Gasteiger partial charge is 0.392 e. The highest BCUT2D eigenvalue weighted by Crippen LogP contribution is 2.24. The van der Waals surface area contributed by atoms with E-state index in [-0.39, 0.29) is 6.61 Å². The molecule has 1 aromatic carbocycles. The maximum Gasteiger partial charge on any atom is 0.0682 e. The van der Waals surface area contributed by atoms with Crippen LogP contribution in [0.15, 0.2) is 24.3 Å². The first-order valence-corrected chi connectivity index (χ1v) is 4.74. The Kier molecular flexibility index (Phi) is 2.23. The molecule has 0 saturated carbocycles. The van der Waals surface area contributed by atoms with Crippen LogP contribution >= 0.6 is 0 Å². The predicted molar refractivity (Wildman–Crippen MR) is 53.7 cm³/mol. The van der Waals surface area contributed by atoms with Gasteiger partial charge in [-0.3, -0.25) is 0 Å². The Morgan fingerprint density at radius 2 is 2.23 bits per heavy atom. The Morgan fingerprint density at radius 1 is 1.46 bits per heavy atom. The van der Waals surface area contributed by atoms with Crippen LogP contribution in [0.4, 0.5) is 5.69 Å². The molecule has 2 rings (SSSR count). The molecular weight excluding hydrogens is 162 g/mol. The van der Waals surface area contributed by atoms with Gasteiger partial charge in [0.25, 0.3) is 0 Å². The second-order valence-corrected chi connectivity index (χ2v) is 3.84. The molecule has 0 aliphatic carbocycles. The molecule has 1 fully saturated rings. The summed E-state index contributed by atoms with van der Waals surface area (Å²) in [4.78, 5) is 2.34. The first-order chi connectivity index (χ1) is 6.29. The summed E-state index contributed by atoms with van der Waals surface area (Å²) >= 11 is 0. The molecule has 1 aliphatic rings. The van der Waals surface area contributed by atoms with Gasteiger partial charge in [0.15, 0.2) is 0 Å². The molecule has 70 valence electrons. The third kappa shape index (κ3) is 1.68. The number of aliphatic hydroxyl groups excluding tert-OH is 1. The van der Waals surface area contributed by atoms with Crippen LogP contribution in [0.3, 0.4) is 0 Å². The minimum absolute atomic E-state index is 0.136. The van der Waals surface area contributed by atoms with Crippen LogP contribution < -0.4 is 4.90 Å². The maximum atomic E-state index is 8.97. The van der Waals surface area contributed by atoms with Crippen LogP contribution in [0.5, 0.6) is 0 Å². The molecule has 13 heavy (non-hydrogen) atoms. The number of rotatable bonds is 2. The van der Waals surface area contributed by atoms with E-state index in [9.17, 15) is 0 Å². The van der Waals surface area contributed by atoms with Gasteiger partial charge in [-0.25, -0.2) is 0 Å². The van der Waals surface area contributed by atoms with Crippen molar-refractivity contribution in [2.45, 2.75) is 13.5 Å². The van der Waals surface area contributed by atoms with Crippen LogP contribution in [-0.2, 0) is 6.61 Å². The molecule has 1 aliphatic heterocycles. The number of benzene rings is 1. The molecule has 0 radical (unpaired) electrons. The molecule has 1 saturated heterocycles. The Morgan fingerprint density at radius 3 is 2.85 bits per heavy atom. The zero-order valence-corrected chi connectivity index (χ0v) is 7.90. The van der Waals surface area contributed by atoms with Crippen molar-refractivity contribution in [3.8, 4) is 0 Å². The predicted octanol–water partition coefficient (Wildman–Crippen LogP) is 1.64. The normalized spacial score (nSPS) is 17.2. The molecule has 0 spiro atoms. The summed E-state index contributed by atoms with van der Waals surface area (Å²) in [5.74, 6) is 0.817. The number of aliphatic hydroxyl groups is 1. The third-order valence-corrected chi connectivity index (χ3v) is 2.52. The van der Waals surface area contributed by atoms with Gasteiger partial charge in [-0.1, -0.05) is 19.1 Å². The molecule has 0 amide bonds. The van der Waals surface area contributed by atoms with E-state index in [0.29, 0.717) is 0 Å². The van der Waals surface area contributed by atoms with Gasteiger partial charge in [0, 0.05) is 18.8 Å². The average molecular weight is 177 g/mol. The lowest BCUT2D eigenvalue weighted by atomic mass is 10.0. The third-order valence-electron chi connectivity index (χ3n) is 2.52. The van der Waals surface area contributed by atoms with Crippen LogP contribution in [0.25, 0.3) is 0 Å². The summed E-state index contributed by atoms with van der Waals surface area (Å²) in [6.07, 6.45) is 0.